The molecule has 1 saturated heterocycles. The number of amides is 1. The lowest BCUT2D eigenvalue weighted by Crippen LogP contribution is -2.21. The minimum absolute atomic E-state index is 0.151. The van der Waals surface area contributed by atoms with Gasteiger partial charge in [-0.05, 0) is 37.0 Å². The van der Waals surface area contributed by atoms with E-state index in [0.717, 1.165) is 30.8 Å². The van der Waals surface area contributed by atoms with Crippen molar-refractivity contribution in [2.45, 2.75) is 19.3 Å². The zero-order valence-electron chi connectivity index (χ0n) is 11.9. The number of rotatable bonds is 4. The fourth-order valence-corrected chi connectivity index (χ4v) is 2.50. The average molecular weight is 285 g/mol. The molecule has 0 radical (unpaired) electrons. The number of ether oxygens (including phenoxy) is 1. The van der Waals surface area contributed by atoms with Crippen molar-refractivity contribution in [2.24, 2.45) is 5.92 Å². The van der Waals surface area contributed by atoms with Crippen LogP contribution in [0.1, 0.15) is 19.3 Å². The molecule has 2 heterocycles. The largest absolute Gasteiger partial charge is 0.493 e. The van der Waals surface area contributed by atoms with Crippen molar-refractivity contribution in [3.05, 3.63) is 42.7 Å². The van der Waals surface area contributed by atoms with E-state index in [1.807, 2.05) is 36.5 Å². The molecule has 2 aromatic rings. The molecule has 5 nitrogen and oxygen atoms in total. The van der Waals surface area contributed by atoms with Crippen LogP contribution in [0.15, 0.2) is 42.7 Å². The van der Waals surface area contributed by atoms with Gasteiger partial charge in [-0.1, -0.05) is 6.07 Å². The van der Waals surface area contributed by atoms with Crippen LogP contribution < -0.4 is 10.1 Å². The molecule has 1 aliphatic rings. The lowest BCUT2D eigenvalue weighted by Gasteiger charge is -2.15. The second kappa shape index (κ2) is 6.43. The summed E-state index contributed by atoms with van der Waals surface area (Å²) in [6.45, 7) is 1.40. The van der Waals surface area contributed by atoms with Crippen LogP contribution in [0, 0.1) is 5.92 Å². The molecule has 0 saturated carbocycles. The van der Waals surface area contributed by atoms with Crippen molar-refractivity contribution >= 4 is 5.91 Å². The first kappa shape index (κ1) is 13.7. The Labute approximate surface area is 123 Å². The highest BCUT2D eigenvalue weighted by Gasteiger charge is 2.16. The van der Waals surface area contributed by atoms with Gasteiger partial charge in [-0.3, -0.25) is 4.79 Å². The van der Waals surface area contributed by atoms with E-state index in [-0.39, 0.29) is 5.91 Å². The number of nitrogens with one attached hydrogen (secondary N) is 1. The van der Waals surface area contributed by atoms with Gasteiger partial charge in [0.15, 0.2) is 0 Å². The van der Waals surface area contributed by atoms with Gasteiger partial charge < -0.3 is 10.1 Å². The molecule has 1 aliphatic heterocycles. The molecule has 1 atom stereocenters. The molecule has 5 heteroatoms. The average Bonchev–Trinajstić information content (AvgIpc) is 2.96. The van der Waals surface area contributed by atoms with Gasteiger partial charge in [0.2, 0.25) is 5.91 Å². The minimum atomic E-state index is 0.151. The number of benzene rings is 1. The Morgan fingerprint density at radius 1 is 1.33 bits per heavy atom. The quantitative estimate of drug-likeness (QED) is 0.936. The zero-order chi connectivity index (χ0) is 14.5. The fraction of sp³-hybridized carbons (Fsp3) is 0.375. The molecule has 1 fully saturated rings. The summed E-state index contributed by atoms with van der Waals surface area (Å²) in [7, 11) is 0. The van der Waals surface area contributed by atoms with Gasteiger partial charge in [0.05, 0.1) is 12.3 Å². The van der Waals surface area contributed by atoms with Crippen LogP contribution in [-0.4, -0.2) is 28.8 Å². The first-order valence-electron chi connectivity index (χ1n) is 7.31. The summed E-state index contributed by atoms with van der Waals surface area (Å²) in [4.78, 5) is 11.3. The van der Waals surface area contributed by atoms with Gasteiger partial charge in [-0.2, -0.15) is 5.10 Å². The van der Waals surface area contributed by atoms with Gasteiger partial charge in [0.1, 0.15) is 5.75 Å². The zero-order valence-corrected chi connectivity index (χ0v) is 11.9. The maximum Gasteiger partial charge on any atom is 0.220 e. The molecule has 3 rings (SSSR count). The summed E-state index contributed by atoms with van der Waals surface area (Å²) in [5, 5.41) is 7.11. The highest BCUT2D eigenvalue weighted by Crippen LogP contribution is 2.20. The van der Waals surface area contributed by atoms with E-state index in [9.17, 15) is 4.79 Å². The summed E-state index contributed by atoms with van der Waals surface area (Å²) >= 11 is 0. The van der Waals surface area contributed by atoms with Crippen LogP contribution in [0.3, 0.4) is 0 Å². The Bertz CT molecular complexity index is 595. The second-order valence-electron chi connectivity index (χ2n) is 5.30. The molecule has 0 spiro atoms. The highest BCUT2D eigenvalue weighted by atomic mass is 16.5. The molecule has 1 aromatic carbocycles. The van der Waals surface area contributed by atoms with Crippen molar-refractivity contribution in [3.63, 3.8) is 0 Å². The second-order valence-corrected chi connectivity index (χ2v) is 5.30. The normalized spacial score (nSPS) is 18.9. The van der Waals surface area contributed by atoms with E-state index in [0.29, 0.717) is 18.9 Å². The van der Waals surface area contributed by atoms with Crippen molar-refractivity contribution in [1.29, 1.82) is 0 Å². The van der Waals surface area contributed by atoms with Crippen molar-refractivity contribution in [3.8, 4) is 11.4 Å². The summed E-state index contributed by atoms with van der Waals surface area (Å²) < 4.78 is 7.70. The van der Waals surface area contributed by atoms with Gasteiger partial charge in [0, 0.05) is 31.4 Å². The summed E-state index contributed by atoms with van der Waals surface area (Å²) in [5.74, 6) is 1.42. The Morgan fingerprint density at radius 3 is 3.14 bits per heavy atom. The fourth-order valence-electron chi connectivity index (χ4n) is 2.50. The summed E-state index contributed by atoms with van der Waals surface area (Å²) in [5.41, 5.74) is 0.982. The van der Waals surface area contributed by atoms with Crippen molar-refractivity contribution < 1.29 is 9.53 Å². The Hall–Kier alpha value is -2.30. The molecule has 0 unspecified atom stereocenters. The van der Waals surface area contributed by atoms with E-state index >= 15 is 0 Å². The predicted molar refractivity (Wildman–Crippen MR) is 79.4 cm³/mol. The molecule has 1 N–H and O–H groups in total. The smallest absolute Gasteiger partial charge is 0.220 e. The monoisotopic (exact) mass is 285 g/mol. The van der Waals surface area contributed by atoms with Crippen LogP contribution in [0.25, 0.3) is 5.69 Å². The third-order valence-electron chi connectivity index (χ3n) is 3.73. The molecule has 110 valence electrons. The Morgan fingerprint density at radius 2 is 2.29 bits per heavy atom. The third-order valence-corrected chi connectivity index (χ3v) is 3.73. The van der Waals surface area contributed by atoms with Crippen LogP contribution in [0.5, 0.6) is 5.75 Å². The van der Waals surface area contributed by atoms with E-state index in [2.05, 4.69) is 10.4 Å². The first-order valence-corrected chi connectivity index (χ1v) is 7.31. The van der Waals surface area contributed by atoms with Gasteiger partial charge in [0.25, 0.3) is 0 Å². The number of carbonyl (C=O) groups excluding carboxylic acids is 1. The summed E-state index contributed by atoms with van der Waals surface area (Å²) in [6.07, 6.45) is 6.13. The van der Waals surface area contributed by atoms with E-state index in [1.54, 1.807) is 10.9 Å². The maximum absolute atomic E-state index is 11.3. The number of nitrogens with zero attached hydrogens (tertiary/aromatic N) is 2. The van der Waals surface area contributed by atoms with Crippen LogP contribution in [-0.2, 0) is 4.79 Å². The molecular weight excluding hydrogens is 266 g/mol. The number of hydrogen-bond acceptors (Lipinski definition) is 3. The van der Waals surface area contributed by atoms with Crippen LogP contribution in [0.2, 0.25) is 0 Å². The number of hydrogen-bond donors (Lipinski definition) is 1. The maximum atomic E-state index is 11.3. The van der Waals surface area contributed by atoms with Gasteiger partial charge >= 0.3 is 0 Å². The Kier molecular flexibility index (Phi) is 4.19. The van der Waals surface area contributed by atoms with E-state index in [1.165, 1.54) is 0 Å². The third kappa shape index (κ3) is 3.62. The standard InChI is InChI=1S/C16H19N3O2/c20-16-6-5-13(7-9-17-16)12-21-15-4-1-3-14(11-15)19-10-2-8-18-19/h1-4,8,10-11,13H,5-7,9,12H2,(H,17,20)/t13-/m0/s1. The lowest BCUT2D eigenvalue weighted by atomic mass is 10.0. The van der Waals surface area contributed by atoms with Gasteiger partial charge in [-0.15, -0.1) is 0 Å². The van der Waals surface area contributed by atoms with Gasteiger partial charge in [-0.25, -0.2) is 4.68 Å². The molecule has 0 aliphatic carbocycles. The van der Waals surface area contributed by atoms with Crippen molar-refractivity contribution in [1.82, 2.24) is 15.1 Å². The molecular formula is C16H19N3O2. The van der Waals surface area contributed by atoms with E-state index < -0.39 is 0 Å². The number of aromatic nitrogens is 2. The van der Waals surface area contributed by atoms with Crippen LogP contribution in [0.4, 0.5) is 0 Å². The SMILES string of the molecule is O=C1CC[C@H](COc2cccc(-n3cccn3)c2)CCN1. The Balaban J connectivity index is 1.60. The van der Waals surface area contributed by atoms with E-state index in [4.69, 9.17) is 4.74 Å². The van der Waals surface area contributed by atoms with Crippen molar-refractivity contribution in [2.75, 3.05) is 13.2 Å². The predicted octanol–water partition coefficient (Wildman–Crippen LogP) is 2.17. The minimum Gasteiger partial charge on any atom is -0.493 e. The summed E-state index contributed by atoms with van der Waals surface area (Å²) in [6, 6.07) is 9.78. The molecule has 1 aromatic heterocycles. The molecule has 21 heavy (non-hydrogen) atoms. The first-order chi connectivity index (χ1) is 10.3. The highest BCUT2D eigenvalue weighted by molar-refractivity contribution is 5.76. The topological polar surface area (TPSA) is 56.2 Å². The molecule has 1 amide bonds. The lowest BCUT2D eigenvalue weighted by molar-refractivity contribution is -0.120. The number of carbonyl (C=O) groups is 1. The molecule has 0 bridgehead atoms. The van der Waals surface area contributed by atoms with Crippen LogP contribution >= 0.6 is 0 Å².